The monoisotopic (exact) mass is 404 g/mol. The Bertz CT molecular complexity index is 1060. The minimum atomic E-state index is -0.00340. The first-order valence-corrected chi connectivity index (χ1v) is 10.1. The predicted molar refractivity (Wildman–Crippen MR) is 115 cm³/mol. The second-order valence-corrected chi connectivity index (χ2v) is 7.28. The van der Waals surface area contributed by atoms with E-state index in [-0.39, 0.29) is 5.91 Å². The molecule has 0 aliphatic rings. The molecule has 1 aromatic carbocycles. The Hall–Kier alpha value is -3.52. The van der Waals surface area contributed by atoms with Gasteiger partial charge >= 0.3 is 0 Å². The van der Waals surface area contributed by atoms with E-state index in [1.165, 1.54) is 11.3 Å². The van der Waals surface area contributed by atoms with Crippen LogP contribution in [-0.2, 0) is 11.3 Å². The highest BCUT2D eigenvalue weighted by Crippen LogP contribution is 2.22. The van der Waals surface area contributed by atoms with Crippen molar-refractivity contribution in [2.24, 2.45) is 0 Å². The smallest absolute Gasteiger partial charge is 0.227 e. The largest absolute Gasteiger partial charge is 0.354 e. The van der Waals surface area contributed by atoms with Crippen LogP contribution in [0.25, 0.3) is 10.7 Å². The summed E-state index contributed by atoms with van der Waals surface area (Å²) in [6.45, 7) is 0.828. The number of aryl methyl sites for hydroxylation is 1. The summed E-state index contributed by atoms with van der Waals surface area (Å²) in [6.07, 6.45) is 8.70. The third kappa shape index (κ3) is 5.26. The van der Waals surface area contributed by atoms with Crippen molar-refractivity contribution >= 4 is 34.6 Å². The predicted octanol–water partition coefficient (Wildman–Crippen LogP) is 4.56. The van der Waals surface area contributed by atoms with E-state index >= 15 is 0 Å². The number of amides is 1. The Morgan fingerprint density at radius 3 is 2.72 bits per heavy atom. The van der Waals surface area contributed by atoms with Gasteiger partial charge in [-0.25, -0.2) is 15.0 Å². The lowest BCUT2D eigenvalue weighted by atomic mass is 10.2. The van der Waals surface area contributed by atoms with Gasteiger partial charge in [0.1, 0.15) is 10.7 Å². The molecule has 146 valence electrons. The molecule has 0 spiro atoms. The number of benzene rings is 1. The van der Waals surface area contributed by atoms with Gasteiger partial charge in [0, 0.05) is 54.5 Å². The van der Waals surface area contributed by atoms with Crippen LogP contribution in [0.1, 0.15) is 12.8 Å². The first-order valence-electron chi connectivity index (χ1n) is 9.27. The Morgan fingerprint density at radius 2 is 1.90 bits per heavy atom. The fourth-order valence-corrected chi connectivity index (χ4v) is 3.46. The van der Waals surface area contributed by atoms with Crippen LogP contribution in [0, 0.1) is 0 Å². The van der Waals surface area contributed by atoms with Gasteiger partial charge in [-0.05, 0) is 42.8 Å². The van der Waals surface area contributed by atoms with Crippen LogP contribution < -0.4 is 10.6 Å². The van der Waals surface area contributed by atoms with Gasteiger partial charge in [0.15, 0.2) is 0 Å². The highest BCUT2D eigenvalue weighted by atomic mass is 32.1. The van der Waals surface area contributed by atoms with E-state index in [2.05, 4.69) is 30.2 Å². The molecule has 4 aromatic rings. The van der Waals surface area contributed by atoms with Crippen molar-refractivity contribution in [1.82, 2.24) is 19.5 Å². The number of anilines is 3. The summed E-state index contributed by atoms with van der Waals surface area (Å²) in [7, 11) is 0. The molecule has 0 unspecified atom stereocenters. The van der Waals surface area contributed by atoms with Gasteiger partial charge in [-0.2, -0.15) is 0 Å². The number of carbonyl (C=O) groups excluding carboxylic acids is 1. The van der Waals surface area contributed by atoms with Crippen molar-refractivity contribution < 1.29 is 4.79 Å². The number of nitrogens with one attached hydrogen (secondary N) is 2. The first-order chi connectivity index (χ1) is 14.3. The molecule has 8 heteroatoms. The molecule has 0 fully saturated rings. The first kappa shape index (κ1) is 18.8. The van der Waals surface area contributed by atoms with Crippen molar-refractivity contribution in [2.75, 3.05) is 10.6 Å². The van der Waals surface area contributed by atoms with Crippen molar-refractivity contribution in [3.63, 3.8) is 0 Å². The van der Waals surface area contributed by atoms with Crippen LogP contribution >= 0.6 is 11.3 Å². The summed E-state index contributed by atoms with van der Waals surface area (Å²) in [5, 5.41) is 8.88. The van der Waals surface area contributed by atoms with Crippen LogP contribution in [-0.4, -0.2) is 25.4 Å². The van der Waals surface area contributed by atoms with E-state index in [1.807, 2.05) is 60.2 Å². The minimum absolute atomic E-state index is 0.00340. The summed E-state index contributed by atoms with van der Waals surface area (Å²) in [5.74, 6) is 0.476. The number of carbonyl (C=O) groups is 1. The lowest BCUT2D eigenvalue weighted by Gasteiger charge is -2.09. The zero-order valence-corrected chi connectivity index (χ0v) is 16.5. The Balaban J connectivity index is 1.35. The van der Waals surface area contributed by atoms with E-state index in [0.717, 1.165) is 35.0 Å². The maximum atomic E-state index is 12.2. The van der Waals surface area contributed by atoms with Gasteiger partial charge in [-0.3, -0.25) is 4.79 Å². The number of aromatic nitrogens is 4. The van der Waals surface area contributed by atoms with Gasteiger partial charge < -0.3 is 15.2 Å². The molecule has 2 N–H and O–H groups in total. The summed E-state index contributed by atoms with van der Waals surface area (Å²) in [6, 6.07) is 13.3. The van der Waals surface area contributed by atoms with Crippen LogP contribution in [0.2, 0.25) is 0 Å². The van der Waals surface area contributed by atoms with Crippen LogP contribution in [0.15, 0.2) is 72.6 Å². The Labute approximate surface area is 172 Å². The highest BCUT2D eigenvalue weighted by molar-refractivity contribution is 7.13. The molecule has 4 rings (SSSR count). The quantitative estimate of drug-likeness (QED) is 0.450. The van der Waals surface area contributed by atoms with E-state index in [4.69, 9.17) is 0 Å². The lowest BCUT2D eigenvalue weighted by molar-refractivity contribution is -0.116. The summed E-state index contributed by atoms with van der Waals surface area (Å²) in [5.41, 5.74) is 2.30. The lowest BCUT2D eigenvalue weighted by Crippen LogP contribution is -2.12. The molecule has 0 radical (unpaired) electrons. The van der Waals surface area contributed by atoms with Gasteiger partial charge in [0.2, 0.25) is 11.9 Å². The van der Waals surface area contributed by atoms with Gasteiger partial charge in [0.05, 0.1) is 0 Å². The van der Waals surface area contributed by atoms with E-state index in [9.17, 15) is 4.79 Å². The maximum Gasteiger partial charge on any atom is 0.227 e. The number of rotatable bonds is 8. The van der Waals surface area contributed by atoms with Crippen molar-refractivity contribution in [3.8, 4) is 10.7 Å². The highest BCUT2D eigenvalue weighted by Gasteiger charge is 2.07. The SMILES string of the molecule is O=C(CCCn1cccc1)Nc1cccc(Nc2nccc(-c3nccs3)n2)c1. The van der Waals surface area contributed by atoms with Crippen molar-refractivity contribution in [3.05, 3.63) is 72.6 Å². The second kappa shape index (κ2) is 9.11. The van der Waals surface area contributed by atoms with Crippen LogP contribution in [0.4, 0.5) is 17.3 Å². The third-order valence-corrected chi connectivity index (χ3v) is 4.99. The molecule has 0 saturated carbocycles. The maximum absolute atomic E-state index is 12.2. The molecule has 7 nitrogen and oxygen atoms in total. The van der Waals surface area contributed by atoms with Crippen molar-refractivity contribution in [1.29, 1.82) is 0 Å². The minimum Gasteiger partial charge on any atom is -0.354 e. The zero-order valence-electron chi connectivity index (χ0n) is 15.7. The summed E-state index contributed by atoms with van der Waals surface area (Å²) >= 11 is 1.53. The molecule has 0 aliphatic carbocycles. The zero-order chi connectivity index (χ0) is 19.9. The van der Waals surface area contributed by atoms with Gasteiger partial charge in [-0.1, -0.05) is 6.07 Å². The topological polar surface area (TPSA) is 84.7 Å². The molecule has 29 heavy (non-hydrogen) atoms. The molecular formula is C21H20N6OS. The molecule has 0 saturated heterocycles. The Kier molecular flexibility index (Phi) is 5.92. The summed E-state index contributed by atoms with van der Waals surface area (Å²) in [4.78, 5) is 25.3. The standard InChI is InChI=1S/C21H20N6OS/c28-19(7-4-13-27-11-1-2-12-27)24-16-5-3-6-17(15-16)25-21-23-9-8-18(26-21)20-22-10-14-29-20/h1-3,5-6,8-12,14-15H,4,7,13H2,(H,24,28)(H,23,25,26). The van der Waals surface area contributed by atoms with Crippen molar-refractivity contribution in [2.45, 2.75) is 19.4 Å². The number of nitrogens with zero attached hydrogens (tertiary/aromatic N) is 4. The van der Waals surface area contributed by atoms with Gasteiger partial charge in [0.25, 0.3) is 0 Å². The van der Waals surface area contributed by atoms with Gasteiger partial charge in [-0.15, -0.1) is 11.3 Å². The van der Waals surface area contributed by atoms with Crippen LogP contribution in [0.3, 0.4) is 0 Å². The number of hydrogen-bond donors (Lipinski definition) is 2. The number of thiazole rings is 1. The molecule has 0 atom stereocenters. The number of hydrogen-bond acceptors (Lipinski definition) is 6. The normalized spacial score (nSPS) is 10.6. The summed E-state index contributed by atoms with van der Waals surface area (Å²) < 4.78 is 2.07. The van der Waals surface area contributed by atoms with E-state index in [1.54, 1.807) is 12.4 Å². The van der Waals surface area contributed by atoms with E-state index < -0.39 is 0 Å². The second-order valence-electron chi connectivity index (χ2n) is 6.38. The molecule has 3 heterocycles. The average Bonchev–Trinajstić information content (AvgIpc) is 3.43. The molecule has 1 amide bonds. The Morgan fingerprint density at radius 1 is 1.03 bits per heavy atom. The van der Waals surface area contributed by atoms with Crippen LogP contribution in [0.5, 0.6) is 0 Å². The average molecular weight is 404 g/mol. The third-order valence-electron chi connectivity index (χ3n) is 4.20. The molecule has 0 bridgehead atoms. The molecular weight excluding hydrogens is 384 g/mol. The fraction of sp³-hybridized carbons (Fsp3) is 0.143. The molecule has 3 aromatic heterocycles. The fourth-order valence-electron chi connectivity index (χ4n) is 2.86. The van der Waals surface area contributed by atoms with E-state index in [0.29, 0.717) is 12.4 Å². The molecule has 0 aliphatic heterocycles.